The molecule has 3 aliphatic rings. The lowest BCUT2D eigenvalue weighted by Crippen LogP contribution is -2.61. The lowest BCUT2D eigenvalue weighted by atomic mass is 9.76. The molecule has 2 bridgehead atoms. The zero-order chi connectivity index (χ0) is 15.1. The van der Waals surface area contributed by atoms with Gasteiger partial charge < -0.3 is 15.4 Å². The predicted octanol–water partition coefficient (Wildman–Crippen LogP) is 3.21. The van der Waals surface area contributed by atoms with Crippen molar-refractivity contribution in [3.63, 3.8) is 0 Å². The van der Waals surface area contributed by atoms with Gasteiger partial charge in [-0.15, -0.1) is 0 Å². The van der Waals surface area contributed by atoms with Crippen molar-refractivity contribution in [1.29, 1.82) is 0 Å². The van der Waals surface area contributed by atoms with E-state index in [0.29, 0.717) is 6.04 Å². The molecular formula is C17H30N2O2. The molecule has 0 spiro atoms. The Labute approximate surface area is 128 Å². The molecule has 4 nitrogen and oxygen atoms in total. The first-order valence-electron chi connectivity index (χ1n) is 8.60. The van der Waals surface area contributed by atoms with Gasteiger partial charge in [0.25, 0.3) is 0 Å². The van der Waals surface area contributed by atoms with Gasteiger partial charge in [-0.25, -0.2) is 4.79 Å². The van der Waals surface area contributed by atoms with Crippen LogP contribution in [0, 0.1) is 11.8 Å². The fraction of sp³-hybridized carbons (Fsp3) is 0.941. The number of nitrogens with one attached hydrogen (secondary N) is 2. The molecule has 3 rings (SSSR count). The first kappa shape index (κ1) is 15.1. The van der Waals surface area contributed by atoms with Gasteiger partial charge in [-0.3, -0.25) is 0 Å². The van der Waals surface area contributed by atoms with Crippen LogP contribution in [-0.4, -0.2) is 29.8 Å². The third kappa shape index (κ3) is 3.53. The molecule has 2 N–H and O–H groups in total. The van der Waals surface area contributed by atoms with E-state index < -0.39 is 5.60 Å². The Hall–Kier alpha value is -0.770. The van der Waals surface area contributed by atoms with Gasteiger partial charge in [0.15, 0.2) is 0 Å². The summed E-state index contributed by atoms with van der Waals surface area (Å²) in [5, 5.41) is 6.88. The largest absolute Gasteiger partial charge is 0.444 e. The molecule has 3 aliphatic carbocycles. The molecule has 0 aliphatic heterocycles. The Bertz CT molecular complexity index is 398. The summed E-state index contributed by atoms with van der Waals surface area (Å²) < 4.78 is 5.41. The van der Waals surface area contributed by atoms with Gasteiger partial charge in [0.05, 0.1) is 5.54 Å². The summed E-state index contributed by atoms with van der Waals surface area (Å²) in [6.07, 6.45) is 8.67. The summed E-state index contributed by atoms with van der Waals surface area (Å²) >= 11 is 0. The number of amides is 1. The number of hydrogen-bond donors (Lipinski definition) is 2. The van der Waals surface area contributed by atoms with E-state index in [1.54, 1.807) is 0 Å². The average Bonchev–Trinajstić information content (AvgIpc) is 2.91. The molecule has 21 heavy (non-hydrogen) atoms. The van der Waals surface area contributed by atoms with Crippen LogP contribution in [0.1, 0.15) is 65.7 Å². The van der Waals surface area contributed by atoms with Crippen molar-refractivity contribution in [2.75, 3.05) is 6.54 Å². The van der Waals surface area contributed by atoms with Crippen molar-refractivity contribution >= 4 is 6.09 Å². The highest BCUT2D eigenvalue weighted by Crippen LogP contribution is 2.44. The Kier molecular flexibility index (Phi) is 3.93. The zero-order valence-electron chi connectivity index (χ0n) is 13.7. The van der Waals surface area contributed by atoms with E-state index in [1.165, 1.54) is 32.1 Å². The number of fused-ring (bicyclic) bond motifs is 2. The number of hydrogen-bond acceptors (Lipinski definition) is 3. The summed E-state index contributed by atoms with van der Waals surface area (Å²) in [6, 6.07) is 0.682. The molecule has 3 fully saturated rings. The summed E-state index contributed by atoms with van der Waals surface area (Å²) in [4.78, 5) is 12.0. The van der Waals surface area contributed by atoms with Gasteiger partial charge in [-0.05, 0) is 71.1 Å². The number of ether oxygens (including phenoxy) is 1. The molecule has 4 heteroatoms. The Morgan fingerprint density at radius 3 is 2.48 bits per heavy atom. The molecule has 0 aromatic heterocycles. The standard InChI is InChI=1S/C17H30N2O2/c1-16(2,3)21-15(20)19-17(7-4-8-17)11-18-14-10-12-5-6-13(14)9-12/h12-14,18H,4-11H2,1-3H3,(H,19,20). The van der Waals surface area contributed by atoms with Crippen molar-refractivity contribution in [3.8, 4) is 0 Å². The van der Waals surface area contributed by atoms with Crippen molar-refractivity contribution in [3.05, 3.63) is 0 Å². The molecule has 3 saturated carbocycles. The van der Waals surface area contributed by atoms with Crippen LogP contribution in [-0.2, 0) is 4.74 Å². The van der Waals surface area contributed by atoms with E-state index in [4.69, 9.17) is 4.74 Å². The van der Waals surface area contributed by atoms with Gasteiger partial charge >= 0.3 is 6.09 Å². The topological polar surface area (TPSA) is 50.4 Å². The SMILES string of the molecule is CC(C)(C)OC(=O)NC1(CNC2CC3CCC2C3)CCC1. The van der Waals surface area contributed by atoms with E-state index in [-0.39, 0.29) is 11.6 Å². The van der Waals surface area contributed by atoms with E-state index >= 15 is 0 Å². The van der Waals surface area contributed by atoms with E-state index in [2.05, 4.69) is 10.6 Å². The fourth-order valence-electron chi connectivity index (χ4n) is 4.29. The van der Waals surface area contributed by atoms with Crippen LogP contribution in [0.15, 0.2) is 0 Å². The lowest BCUT2D eigenvalue weighted by Gasteiger charge is -2.44. The maximum absolute atomic E-state index is 12.0. The highest BCUT2D eigenvalue weighted by atomic mass is 16.6. The molecule has 0 heterocycles. The van der Waals surface area contributed by atoms with Crippen LogP contribution < -0.4 is 10.6 Å². The Balaban J connectivity index is 1.48. The zero-order valence-corrected chi connectivity index (χ0v) is 13.7. The first-order valence-corrected chi connectivity index (χ1v) is 8.60. The summed E-state index contributed by atoms with van der Waals surface area (Å²) in [5.74, 6) is 1.84. The molecule has 120 valence electrons. The van der Waals surface area contributed by atoms with Crippen LogP contribution in [0.25, 0.3) is 0 Å². The van der Waals surface area contributed by atoms with Gasteiger partial charge in [0.2, 0.25) is 0 Å². The van der Waals surface area contributed by atoms with Crippen LogP contribution in [0.5, 0.6) is 0 Å². The Morgan fingerprint density at radius 2 is 2.00 bits per heavy atom. The molecule has 1 amide bonds. The summed E-state index contributed by atoms with van der Waals surface area (Å²) in [5.41, 5.74) is -0.489. The molecule has 3 unspecified atom stereocenters. The monoisotopic (exact) mass is 294 g/mol. The molecule has 0 aromatic carbocycles. The quantitative estimate of drug-likeness (QED) is 0.837. The summed E-state index contributed by atoms with van der Waals surface area (Å²) in [6.45, 7) is 6.63. The normalized spacial score (nSPS) is 33.6. The number of carbonyl (C=O) groups is 1. The van der Waals surface area contributed by atoms with Crippen LogP contribution in [0.4, 0.5) is 4.79 Å². The van der Waals surface area contributed by atoms with Gasteiger partial charge in [-0.1, -0.05) is 6.42 Å². The maximum Gasteiger partial charge on any atom is 0.408 e. The number of rotatable bonds is 4. The van der Waals surface area contributed by atoms with Crippen molar-refractivity contribution in [2.45, 2.75) is 82.9 Å². The lowest BCUT2D eigenvalue weighted by molar-refractivity contribution is 0.0376. The van der Waals surface area contributed by atoms with Gasteiger partial charge in [-0.2, -0.15) is 0 Å². The Morgan fingerprint density at radius 1 is 1.24 bits per heavy atom. The second-order valence-electron chi connectivity index (χ2n) is 8.42. The predicted molar refractivity (Wildman–Crippen MR) is 83.2 cm³/mol. The van der Waals surface area contributed by atoms with Gasteiger partial charge in [0.1, 0.15) is 5.60 Å². The molecular weight excluding hydrogens is 264 g/mol. The first-order chi connectivity index (χ1) is 9.85. The van der Waals surface area contributed by atoms with Crippen LogP contribution >= 0.6 is 0 Å². The third-order valence-electron chi connectivity index (χ3n) is 5.52. The third-order valence-corrected chi connectivity index (χ3v) is 5.52. The van der Waals surface area contributed by atoms with Crippen molar-refractivity contribution < 1.29 is 9.53 Å². The smallest absolute Gasteiger partial charge is 0.408 e. The minimum atomic E-state index is -0.424. The van der Waals surface area contributed by atoms with Crippen LogP contribution in [0.2, 0.25) is 0 Å². The van der Waals surface area contributed by atoms with Crippen molar-refractivity contribution in [2.24, 2.45) is 11.8 Å². The summed E-state index contributed by atoms with van der Waals surface area (Å²) in [7, 11) is 0. The molecule has 3 atom stereocenters. The minimum Gasteiger partial charge on any atom is -0.444 e. The van der Waals surface area contributed by atoms with Crippen LogP contribution in [0.3, 0.4) is 0 Å². The second kappa shape index (κ2) is 5.45. The van der Waals surface area contributed by atoms with E-state index in [0.717, 1.165) is 31.2 Å². The second-order valence-corrected chi connectivity index (χ2v) is 8.42. The van der Waals surface area contributed by atoms with Crippen molar-refractivity contribution in [1.82, 2.24) is 10.6 Å². The molecule has 0 saturated heterocycles. The minimum absolute atomic E-state index is 0.0653. The highest BCUT2D eigenvalue weighted by Gasteiger charge is 2.43. The molecule has 0 radical (unpaired) electrons. The fourth-order valence-corrected chi connectivity index (χ4v) is 4.29. The van der Waals surface area contributed by atoms with Gasteiger partial charge in [0, 0.05) is 12.6 Å². The number of alkyl carbamates (subject to hydrolysis) is 1. The number of carbonyl (C=O) groups excluding carboxylic acids is 1. The molecule has 0 aromatic rings. The maximum atomic E-state index is 12.0. The van der Waals surface area contributed by atoms with E-state index in [9.17, 15) is 4.79 Å². The average molecular weight is 294 g/mol. The highest BCUT2D eigenvalue weighted by molar-refractivity contribution is 5.69. The van der Waals surface area contributed by atoms with E-state index in [1.807, 2.05) is 20.8 Å².